The molecule has 0 saturated carbocycles. The number of ether oxygens (including phenoxy) is 2. The van der Waals surface area contributed by atoms with Gasteiger partial charge in [0.05, 0.1) is 42.0 Å². The maximum absolute atomic E-state index is 15.1. The molecule has 5 aliphatic heterocycles. The van der Waals surface area contributed by atoms with Crippen LogP contribution in [0.4, 0.5) is 5.69 Å². The summed E-state index contributed by atoms with van der Waals surface area (Å²) in [6.45, 7) is 18.2. The number of carbonyl (C=O) groups excluding carboxylic acids is 13. The number of aliphatic hydroxyl groups is 1. The van der Waals surface area contributed by atoms with E-state index in [0.717, 1.165) is 24.5 Å². The number of nitrogens with one attached hydrogen (secondary N) is 4. The molecule has 1 aromatic rings. The van der Waals surface area contributed by atoms with Gasteiger partial charge in [0.15, 0.2) is 17.1 Å². The Morgan fingerprint density at radius 1 is 0.663 bits per heavy atom. The number of amides is 10. The molecule has 5 heterocycles. The van der Waals surface area contributed by atoms with Crippen molar-refractivity contribution in [1.82, 2.24) is 55.7 Å². The Labute approximate surface area is 531 Å². The van der Waals surface area contributed by atoms with Gasteiger partial charge in [-0.15, -0.1) is 0 Å². The van der Waals surface area contributed by atoms with Gasteiger partial charge in [-0.05, 0) is 84.3 Å². The zero-order chi connectivity index (χ0) is 68.9. The van der Waals surface area contributed by atoms with Crippen LogP contribution in [0.3, 0.4) is 0 Å². The number of nitrogens with zero attached hydrogens (tertiary/aromatic N) is 7. The van der Waals surface area contributed by atoms with Crippen LogP contribution in [0.5, 0.6) is 0 Å². The molecule has 7 N–H and O–H groups in total. The molecule has 1 aromatic carbocycles. The maximum Gasteiger partial charge on any atom is 0.329 e. The first-order chi connectivity index (χ1) is 42.8. The molecule has 13 atom stereocenters. The molecule has 1 aliphatic carbocycles. The van der Waals surface area contributed by atoms with Gasteiger partial charge in [-0.3, -0.25) is 57.5 Å². The average Bonchev–Trinajstić information content (AvgIpc) is 1.23. The third-order valence-electron chi connectivity index (χ3n) is 17.9. The second-order valence-electron chi connectivity index (χ2n) is 25.6. The van der Waals surface area contributed by atoms with Crippen LogP contribution in [0.1, 0.15) is 121 Å². The molecule has 4 fully saturated rings. The molecule has 0 unspecified atom stereocenters. The number of hydrogen-bond acceptors (Lipinski definition) is 20. The van der Waals surface area contributed by atoms with Crippen molar-refractivity contribution in [3.8, 4) is 11.5 Å². The SMILES string of the molecule is Cc1c2oc3c(C)ccc(C(=O)N[C@@H]4C(=O)N[C@H](C(C)C)C(=O)N5[C@H](C)C[C@@H](O)[C@@H]5C(=O)N(C)CC(=O)N(C)[C@@H](C(C)C)C(=O)O[C@H]4C)c3nc-2c(C(=O)N[C@@H]2C(=O)N[C@H](C(C)C)C(=O)N3[C@H](C)C(=O)C[C@H]3C(=O)N(C)CC(=O)N(C)[C@H](C)C(=O)O[C@H]2C)c(N)c1=O. The Morgan fingerprint density at radius 2 is 1.17 bits per heavy atom. The molecule has 0 spiro atoms. The first-order valence-corrected chi connectivity index (χ1v) is 30.5. The van der Waals surface area contributed by atoms with Crippen LogP contribution < -0.4 is 32.4 Å². The van der Waals surface area contributed by atoms with Gasteiger partial charge in [-0.25, -0.2) is 14.6 Å². The smallest absolute Gasteiger partial charge is 0.329 e. The van der Waals surface area contributed by atoms with Gasteiger partial charge >= 0.3 is 11.9 Å². The lowest BCUT2D eigenvalue weighted by Gasteiger charge is -2.37. The standard InChI is InChI=1S/C62H84N12O18/c1-24(2)42-58(85)73-28(8)20-37(76)49(73)60(87)70(15)23-39(78)72(17)48(26(5)6)62(89)91-33(13)44(55(82)65-42)67-53(80)34-19-18-27(7)51-46(34)64-47-40(41(63)50(79)29(9)52(47)92-51)54(81)68-45-32(12)90-61(88)31(11)71(16)38(77)22-69(14)57(84)35-21-36(75)30(10)74(35)59(86)43(25(3)4)66-56(45)83/h18-19,24-26,28,30-33,35,37,42-45,48-49,76H,20-23,63H2,1-17H3,(H,65,82)(H,66,83)(H,67,80)(H,68,81)/t28-,30-,31-,32+,33+,35+,37-,42-,43-,44+,45+,48+,49-/m1/s1. The van der Waals surface area contributed by atoms with Crippen LogP contribution >= 0.6 is 0 Å². The fraction of sp³-hybridized carbons (Fsp3) is 0.597. The minimum atomic E-state index is -1.97. The number of Topliss-reactive ketones (excluding diaryl/α,β-unsaturated/α-hetero) is 1. The predicted molar refractivity (Wildman–Crippen MR) is 327 cm³/mol. The Hall–Kier alpha value is -9.09. The molecular weight excluding hydrogens is 1200 g/mol. The number of cyclic esters (lactones) is 2. The lowest BCUT2D eigenvalue weighted by molar-refractivity contribution is -0.163. The Balaban J connectivity index is 1.33. The number of aliphatic hydroxyl groups excluding tert-OH is 1. The highest BCUT2D eigenvalue weighted by atomic mass is 16.6. The van der Waals surface area contributed by atoms with E-state index in [4.69, 9.17) is 24.6 Å². The van der Waals surface area contributed by atoms with E-state index in [2.05, 4.69) is 21.3 Å². The van der Waals surface area contributed by atoms with Crippen molar-refractivity contribution >= 4 is 93.6 Å². The molecule has 500 valence electrons. The van der Waals surface area contributed by atoms with Crippen LogP contribution in [-0.2, 0) is 62.2 Å². The number of benzene rings is 2. The number of nitrogens with two attached hydrogens (primary N) is 1. The molecule has 0 radical (unpaired) electrons. The summed E-state index contributed by atoms with van der Waals surface area (Å²) in [6.07, 6.45) is -5.02. The average molecular weight is 1290 g/mol. The van der Waals surface area contributed by atoms with Crippen LogP contribution in [0.25, 0.3) is 22.6 Å². The van der Waals surface area contributed by atoms with Crippen LogP contribution in [0.2, 0.25) is 0 Å². The maximum atomic E-state index is 15.1. The number of carbonyl (C=O) groups is 13. The minimum Gasteiger partial charge on any atom is -0.458 e. The van der Waals surface area contributed by atoms with Crippen LogP contribution in [0, 0.1) is 31.6 Å². The van der Waals surface area contributed by atoms with Crippen molar-refractivity contribution in [1.29, 1.82) is 0 Å². The number of anilines is 1. The van der Waals surface area contributed by atoms with E-state index in [1.54, 1.807) is 55.4 Å². The topological polar surface area (TPSA) is 397 Å². The third kappa shape index (κ3) is 13.5. The molecule has 4 saturated heterocycles. The highest BCUT2D eigenvalue weighted by Crippen LogP contribution is 2.36. The van der Waals surface area contributed by atoms with E-state index < -0.39 is 215 Å². The van der Waals surface area contributed by atoms with Gasteiger partial charge < -0.3 is 75.4 Å². The van der Waals surface area contributed by atoms with Gasteiger partial charge in [-0.2, -0.15) is 0 Å². The lowest BCUT2D eigenvalue weighted by Crippen LogP contribution is -2.62. The Morgan fingerprint density at radius 3 is 1.72 bits per heavy atom. The number of aromatic nitrogens is 1. The van der Waals surface area contributed by atoms with Crippen LogP contribution in [0.15, 0.2) is 21.3 Å². The number of esters is 2. The third-order valence-corrected chi connectivity index (χ3v) is 17.9. The van der Waals surface area contributed by atoms with E-state index in [1.165, 1.54) is 79.8 Å². The number of aryl methyl sites for hydroxylation is 1. The van der Waals surface area contributed by atoms with Crippen molar-refractivity contribution in [2.45, 2.75) is 182 Å². The van der Waals surface area contributed by atoms with E-state index >= 15 is 9.59 Å². The monoisotopic (exact) mass is 1280 g/mol. The number of likely N-dealkylation sites (N-methyl/N-ethyl adjacent to an activating group) is 4. The van der Waals surface area contributed by atoms with Gasteiger partial charge in [0.25, 0.3) is 11.8 Å². The summed E-state index contributed by atoms with van der Waals surface area (Å²) in [6, 6.07) is -11.4. The number of rotatable bonds is 7. The number of ketones is 1. The second-order valence-corrected chi connectivity index (χ2v) is 25.6. The van der Waals surface area contributed by atoms with Crippen molar-refractivity contribution < 1.29 is 81.3 Å². The fourth-order valence-corrected chi connectivity index (χ4v) is 12.1. The molecule has 30 heteroatoms. The highest BCUT2D eigenvalue weighted by molar-refractivity contribution is 6.11. The van der Waals surface area contributed by atoms with Gasteiger partial charge in [0, 0.05) is 46.2 Å². The first-order valence-electron chi connectivity index (χ1n) is 30.5. The first kappa shape index (κ1) is 70.4. The summed E-state index contributed by atoms with van der Waals surface area (Å²) in [5.41, 5.74) is 3.10. The molecule has 30 nitrogen and oxygen atoms in total. The van der Waals surface area contributed by atoms with Crippen molar-refractivity contribution in [2.75, 3.05) is 47.0 Å². The summed E-state index contributed by atoms with van der Waals surface area (Å²) in [4.78, 5) is 211. The number of nitrogen functional groups attached to an aromatic ring is 1. The molecular formula is C62H84N12O18. The zero-order valence-corrected chi connectivity index (χ0v) is 54.8. The van der Waals surface area contributed by atoms with Crippen molar-refractivity contribution in [2.24, 2.45) is 17.8 Å². The van der Waals surface area contributed by atoms with E-state index in [-0.39, 0.29) is 34.4 Å². The summed E-state index contributed by atoms with van der Waals surface area (Å²) in [7, 11) is 5.21. The zero-order valence-electron chi connectivity index (χ0n) is 54.8. The number of hydrogen-bond donors (Lipinski definition) is 6. The predicted octanol–water partition coefficient (Wildman–Crippen LogP) is -0.984. The molecule has 0 bridgehead atoms. The van der Waals surface area contributed by atoms with Crippen molar-refractivity contribution in [3.05, 3.63) is 44.6 Å². The fourth-order valence-electron chi connectivity index (χ4n) is 12.1. The summed E-state index contributed by atoms with van der Waals surface area (Å²) < 4.78 is 18.1. The van der Waals surface area contributed by atoms with E-state index in [9.17, 15) is 62.6 Å². The quantitative estimate of drug-likeness (QED) is 0.0940. The molecule has 0 aromatic heterocycles. The molecule has 6 aliphatic rings. The Kier molecular flexibility index (Phi) is 21.0. The minimum absolute atomic E-state index is 0.0284. The van der Waals surface area contributed by atoms with Crippen molar-refractivity contribution in [3.63, 3.8) is 0 Å². The summed E-state index contributed by atoms with van der Waals surface area (Å²) >= 11 is 0. The lowest BCUT2D eigenvalue weighted by atomic mass is 9.98. The summed E-state index contributed by atoms with van der Waals surface area (Å²) in [5.74, 6) is -14.2. The van der Waals surface area contributed by atoms with E-state index in [1.807, 2.05) is 0 Å². The Bertz CT molecular complexity index is 3570. The van der Waals surface area contributed by atoms with Gasteiger partial charge in [0.2, 0.25) is 52.7 Å². The molecule has 7 rings (SSSR count). The van der Waals surface area contributed by atoms with Gasteiger partial charge in [0.1, 0.15) is 71.8 Å². The second kappa shape index (κ2) is 27.4. The van der Waals surface area contributed by atoms with E-state index in [0.29, 0.717) is 5.56 Å². The summed E-state index contributed by atoms with van der Waals surface area (Å²) in [5, 5.41) is 21.7. The van der Waals surface area contributed by atoms with Crippen LogP contribution in [-0.4, -0.2) is 236 Å². The normalized spacial score (nSPS) is 28.3. The highest BCUT2D eigenvalue weighted by Gasteiger charge is 2.51. The number of fused-ring (bicyclic) bond motifs is 4. The molecule has 10 amide bonds. The molecule has 92 heavy (non-hydrogen) atoms. The largest absolute Gasteiger partial charge is 0.458 e. The van der Waals surface area contributed by atoms with Gasteiger partial charge in [-0.1, -0.05) is 47.6 Å².